The molecule has 2 rings (SSSR count). The molecule has 1 unspecified atom stereocenters. The monoisotopic (exact) mass is 283 g/mol. The molecule has 0 bridgehead atoms. The Kier molecular flexibility index (Phi) is 3.61. The summed E-state index contributed by atoms with van der Waals surface area (Å²) in [6.45, 7) is 1.68. The Morgan fingerprint density at radius 2 is 2.38 bits per heavy atom. The van der Waals surface area contributed by atoms with Crippen molar-refractivity contribution in [3.05, 3.63) is 34.3 Å². The topological polar surface area (TPSA) is 44.6 Å². The third-order valence-electron chi connectivity index (χ3n) is 3.09. The molecule has 1 fully saturated rings. The molecule has 0 radical (unpaired) electrons. The van der Waals surface area contributed by atoms with Crippen molar-refractivity contribution in [3.8, 4) is 0 Å². The summed E-state index contributed by atoms with van der Waals surface area (Å²) in [5.41, 5.74) is 1.16. The molecule has 2 atom stereocenters. The molecule has 1 aromatic rings. The lowest BCUT2D eigenvalue weighted by atomic mass is 10.2. The standard InChI is InChI=1S/C12H14BrNO2/c13-10-4-1-3-9(7-10)8-14-6-2-5-11(14)12(15)16/h1,3-4,7,11H,2,5-6,8H2,(H,15,16)/t11-/m0/s1. The number of benzene rings is 1. The number of aliphatic carboxylic acids is 1. The summed E-state index contributed by atoms with van der Waals surface area (Å²) in [4.78, 5) is 12.0. The number of quaternary nitrogens is 1. The van der Waals surface area contributed by atoms with Crippen LogP contribution in [0.25, 0.3) is 0 Å². The van der Waals surface area contributed by atoms with Gasteiger partial charge in [-0.1, -0.05) is 28.1 Å². The maximum atomic E-state index is 10.9. The zero-order valence-electron chi connectivity index (χ0n) is 8.91. The van der Waals surface area contributed by atoms with Crippen molar-refractivity contribution in [2.24, 2.45) is 0 Å². The highest BCUT2D eigenvalue weighted by Crippen LogP contribution is 2.11. The number of likely N-dealkylation sites (tertiary alicyclic amines) is 1. The van der Waals surface area contributed by atoms with Crippen LogP contribution in [0.1, 0.15) is 18.4 Å². The molecule has 86 valence electrons. The molecule has 3 nitrogen and oxygen atoms in total. The van der Waals surface area contributed by atoms with Crippen LogP contribution in [0.5, 0.6) is 0 Å². The van der Waals surface area contributed by atoms with E-state index < -0.39 is 5.97 Å². The number of carbonyl (C=O) groups is 1. The van der Waals surface area contributed by atoms with Crippen LogP contribution in [-0.4, -0.2) is 18.6 Å². The molecule has 1 aliphatic heterocycles. The number of carbonyl (C=O) groups excluding carboxylic acids is 1. The Labute approximate surface area is 103 Å². The minimum absolute atomic E-state index is 0.334. The summed E-state index contributed by atoms with van der Waals surface area (Å²) in [5, 5.41) is 10.9. The van der Waals surface area contributed by atoms with Crippen molar-refractivity contribution in [3.63, 3.8) is 0 Å². The van der Waals surface area contributed by atoms with E-state index in [-0.39, 0.29) is 6.04 Å². The average molecular weight is 284 g/mol. The number of hydrogen-bond donors (Lipinski definition) is 1. The Bertz CT molecular complexity index is 394. The lowest BCUT2D eigenvalue weighted by molar-refractivity contribution is -0.919. The van der Waals surface area contributed by atoms with Gasteiger partial charge in [-0.15, -0.1) is 0 Å². The molecule has 0 saturated carbocycles. The largest absolute Gasteiger partial charge is 0.544 e. The molecule has 1 aliphatic rings. The maximum absolute atomic E-state index is 10.9. The Morgan fingerprint density at radius 3 is 3.06 bits per heavy atom. The number of rotatable bonds is 3. The molecule has 0 aliphatic carbocycles. The normalized spacial score (nSPS) is 24.6. The summed E-state index contributed by atoms with van der Waals surface area (Å²) in [5.74, 6) is -0.914. The molecule has 4 heteroatoms. The first kappa shape index (κ1) is 11.6. The van der Waals surface area contributed by atoms with E-state index in [0.717, 1.165) is 40.9 Å². The molecule has 0 aromatic heterocycles. The first-order valence-corrected chi connectivity index (χ1v) is 6.26. The van der Waals surface area contributed by atoms with Crippen molar-refractivity contribution in [1.29, 1.82) is 0 Å². The Morgan fingerprint density at radius 1 is 1.56 bits per heavy atom. The van der Waals surface area contributed by atoms with E-state index in [1.54, 1.807) is 0 Å². The summed E-state index contributed by atoms with van der Waals surface area (Å²) in [6, 6.07) is 7.68. The molecular weight excluding hydrogens is 270 g/mol. The Hall–Kier alpha value is -0.870. The number of halogens is 1. The third kappa shape index (κ3) is 2.62. The highest BCUT2D eigenvalue weighted by molar-refractivity contribution is 9.10. The summed E-state index contributed by atoms with van der Waals surface area (Å²) in [7, 11) is 0. The van der Waals surface area contributed by atoms with Gasteiger partial charge in [0.2, 0.25) is 0 Å². The fourth-order valence-corrected chi connectivity index (χ4v) is 2.76. The van der Waals surface area contributed by atoms with Crippen molar-refractivity contribution >= 4 is 21.9 Å². The number of hydrogen-bond acceptors (Lipinski definition) is 2. The Balaban J connectivity index is 2.06. The molecule has 0 spiro atoms. The van der Waals surface area contributed by atoms with Crippen LogP contribution in [0, 0.1) is 0 Å². The number of carboxylic acids is 1. The second-order valence-electron chi connectivity index (χ2n) is 4.23. The quantitative estimate of drug-likeness (QED) is 0.831. The molecule has 16 heavy (non-hydrogen) atoms. The van der Waals surface area contributed by atoms with Crippen LogP contribution in [0.15, 0.2) is 28.7 Å². The zero-order valence-corrected chi connectivity index (χ0v) is 10.5. The number of nitrogens with one attached hydrogen (secondary N) is 1. The predicted molar refractivity (Wildman–Crippen MR) is 61.7 cm³/mol. The van der Waals surface area contributed by atoms with E-state index in [1.165, 1.54) is 0 Å². The van der Waals surface area contributed by atoms with Gasteiger partial charge in [0.1, 0.15) is 12.6 Å². The maximum Gasteiger partial charge on any atom is 0.128 e. The van der Waals surface area contributed by atoms with E-state index in [9.17, 15) is 9.90 Å². The van der Waals surface area contributed by atoms with E-state index in [1.807, 2.05) is 24.3 Å². The van der Waals surface area contributed by atoms with E-state index in [4.69, 9.17) is 0 Å². The molecule has 1 aromatic carbocycles. The van der Waals surface area contributed by atoms with Crippen LogP contribution in [0.2, 0.25) is 0 Å². The minimum atomic E-state index is -0.914. The van der Waals surface area contributed by atoms with E-state index >= 15 is 0 Å². The van der Waals surface area contributed by atoms with Crippen molar-refractivity contribution < 1.29 is 14.8 Å². The summed E-state index contributed by atoms with van der Waals surface area (Å²) in [6.07, 6.45) is 1.72. The highest BCUT2D eigenvalue weighted by Gasteiger charge is 2.29. The van der Waals surface area contributed by atoms with Crippen molar-refractivity contribution in [2.45, 2.75) is 25.4 Å². The van der Waals surface area contributed by atoms with Crippen LogP contribution in [0.3, 0.4) is 0 Å². The highest BCUT2D eigenvalue weighted by atomic mass is 79.9. The number of carboxylic acid groups (broad SMARTS) is 1. The first-order chi connectivity index (χ1) is 7.66. The lowest BCUT2D eigenvalue weighted by Gasteiger charge is -2.22. The SMILES string of the molecule is O=C([O-])[C@@H]1CCC[NH+]1Cc1cccc(Br)c1. The summed E-state index contributed by atoms with van der Waals surface area (Å²) >= 11 is 3.42. The fourth-order valence-electron chi connectivity index (χ4n) is 2.32. The van der Waals surface area contributed by atoms with Crippen LogP contribution in [-0.2, 0) is 11.3 Å². The summed E-state index contributed by atoms with van der Waals surface area (Å²) < 4.78 is 1.04. The van der Waals surface area contributed by atoms with Crippen LogP contribution >= 0.6 is 15.9 Å². The van der Waals surface area contributed by atoms with Crippen molar-refractivity contribution in [2.75, 3.05) is 6.54 Å². The van der Waals surface area contributed by atoms with Gasteiger partial charge in [0.05, 0.1) is 12.5 Å². The van der Waals surface area contributed by atoms with Gasteiger partial charge in [-0.2, -0.15) is 0 Å². The van der Waals surface area contributed by atoms with E-state index in [0.29, 0.717) is 0 Å². The molecule has 1 N–H and O–H groups in total. The van der Waals surface area contributed by atoms with Gasteiger partial charge >= 0.3 is 0 Å². The van der Waals surface area contributed by atoms with Gasteiger partial charge in [0.25, 0.3) is 0 Å². The van der Waals surface area contributed by atoms with Gasteiger partial charge in [0, 0.05) is 22.9 Å². The van der Waals surface area contributed by atoms with E-state index in [2.05, 4.69) is 15.9 Å². The fraction of sp³-hybridized carbons (Fsp3) is 0.417. The van der Waals surface area contributed by atoms with Gasteiger partial charge in [-0.25, -0.2) is 0 Å². The van der Waals surface area contributed by atoms with Crippen LogP contribution < -0.4 is 10.0 Å². The lowest BCUT2D eigenvalue weighted by Crippen LogP contribution is -3.14. The van der Waals surface area contributed by atoms with Crippen molar-refractivity contribution in [1.82, 2.24) is 0 Å². The third-order valence-corrected chi connectivity index (χ3v) is 3.58. The van der Waals surface area contributed by atoms with Gasteiger partial charge < -0.3 is 14.8 Å². The van der Waals surface area contributed by atoms with Gasteiger partial charge in [-0.05, 0) is 12.1 Å². The molecular formula is C12H14BrNO2. The smallest absolute Gasteiger partial charge is 0.128 e. The first-order valence-electron chi connectivity index (χ1n) is 5.46. The molecule has 0 amide bonds. The van der Waals surface area contributed by atoms with Gasteiger partial charge in [-0.3, -0.25) is 0 Å². The second kappa shape index (κ2) is 4.97. The average Bonchev–Trinajstić information content (AvgIpc) is 2.66. The second-order valence-corrected chi connectivity index (χ2v) is 5.14. The zero-order chi connectivity index (χ0) is 11.5. The molecule has 1 saturated heterocycles. The van der Waals surface area contributed by atoms with Gasteiger partial charge in [0.15, 0.2) is 0 Å². The predicted octanol–water partition coefficient (Wildman–Crippen LogP) is -0.254. The minimum Gasteiger partial charge on any atom is -0.544 e. The van der Waals surface area contributed by atoms with Crippen LogP contribution in [0.4, 0.5) is 0 Å². The molecule has 1 heterocycles.